The summed E-state index contributed by atoms with van der Waals surface area (Å²) in [7, 11) is 1.98. The van der Waals surface area contributed by atoms with Crippen LogP contribution in [0, 0.1) is 18.3 Å². The van der Waals surface area contributed by atoms with Crippen molar-refractivity contribution in [2.45, 2.75) is 13.5 Å². The highest BCUT2D eigenvalue weighted by atomic mass is 32.1. The molecule has 4 nitrogen and oxygen atoms in total. The zero-order valence-corrected chi connectivity index (χ0v) is 11.2. The second kappa shape index (κ2) is 5.07. The molecule has 5 heteroatoms. The first-order valence-corrected chi connectivity index (χ1v) is 6.39. The summed E-state index contributed by atoms with van der Waals surface area (Å²) < 4.78 is 0. The Morgan fingerprint density at radius 1 is 1.50 bits per heavy atom. The van der Waals surface area contributed by atoms with Gasteiger partial charge in [-0.15, -0.1) is 11.3 Å². The molecule has 1 heterocycles. The number of benzene rings is 1. The van der Waals surface area contributed by atoms with Gasteiger partial charge in [-0.3, -0.25) is 0 Å². The average Bonchev–Trinajstić information content (AvgIpc) is 2.74. The summed E-state index contributed by atoms with van der Waals surface area (Å²) in [6.07, 6.45) is 0. The number of thiazole rings is 1. The summed E-state index contributed by atoms with van der Waals surface area (Å²) in [6, 6.07) is 7.44. The molecule has 1 aromatic heterocycles. The molecule has 0 fully saturated rings. The van der Waals surface area contributed by atoms with Gasteiger partial charge in [-0.1, -0.05) is 0 Å². The predicted octanol–water partition coefficient (Wildman–Crippen LogP) is 2.54. The van der Waals surface area contributed by atoms with Crippen LogP contribution in [0.1, 0.15) is 16.1 Å². The van der Waals surface area contributed by atoms with Crippen LogP contribution in [0.15, 0.2) is 23.7 Å². The molecule has 0 aliphatic rings. The highest BCUT2D eigenvalue weighted by Crippen LogP contribution is 2.26. The molecule has 0 spiro atoms. The molecule has 0 unspecified atom stereocenters. The number of aryl methyl sites for hydroxylation is 1. The lowest BCUT2D eigenvalue weighted by molar-refractivity contribution is 0.927. The number of aromatic nitrogens is 1. The molecule has 18 heavy (non-hydrogen) atoms. The second-order valence-corrected chi connectivity index (χ2v) is 5.04. The minimum atomic E-state index is 0.582. The Bertz CT molecular complexity index is 597. The van der Waals surface area contributed by atoms with Gasteiger partial charge in [0.25, 0.3) is 0 Å². The Kier molecular flexibility index (Phi) is 3.49. The van der Waals surface area contributed by atoms with Crippen LogP contribution in [0.5, 0.6) is 0 Å². The summed E-state index contributed by atoms with van der Waals surface area (Å²) in [4.78, 5) is 7.52. The van der Waals surface area contributed by atoms with E-state index in [1.807, 2.05) is 25.5 Å². The summed E-state index contributed by atoms with van der Waals surface area (Å²) in [6.45, 7) is 2.77. The number of anilines is 2. The van der Waals surface area contributed by atoms with E-state index < -0.39 is 0 Å². The van der Waals surface area contributed by atoms with Crippen LogP contribution in [-0.4, -0.2) is 12.0 Å². The number of nitrogens with two attached hydrogens (primary N) is 1. The molecule has 0 saturated carbocycles. The van der Waals surface area contributed by atoms with Crippen molar-refractivity contribution < 1.29 is 0 Å². The molecule has 0 atom stereocenters. The molecule has 0 aliphatic heterocycles. The fraction of sp³-hybridized carbons (Fsp3) is 0.231. The Balaban J connectivity index is 2.22. The summed E-state index contributed by atoms with van der Waals surface area (Å²) in [5.74, 6) is 0. The molecule has 0 bridgehead atoms. The van der Waals surface area contributed by atoms with E-state index in [-0.39, 0.29) is 0 Å². The SMILES string of the molecule is Cc1ncsc1CN(C)c1ccc(C#N)cc1N. The first-order valence-electron chi connectivity index (χ1n) is 5.51. The fourth-order valence-electron chi connectivity index (χ4n) is 1.75. The van der Waals surface area contributed by atoms with Gasteiger partial charge in [-0.25, -0.2) is 4.98 Å². The maximum atomic E-state index is 8.81. The van der Waals surface area contributed by atoms with Gasteiger partial charge in [0.1, 0.15) is 0 Å². The topological polar surface area (TPSA) is 65.9 Å². The van der Waals surface area contributed by atoms with E-state index in [1.165, 1.54) is 4.88 Å². The number of nitriles is 1. The number of nitrogens with zero attached hydrogens (tertiary/aromatic N) is 3. The number of hydrogen-bond acceptors (Lipinski definition) is 5. The Labute approximate surface area is 110 Å². The van der Waals surface area contributed by atoms with Crippen molar-refractivity contribution in [2.24, 2.45) is 0 Å². The van der Waals surface area contributed by atoms with Gasteiger partial charge in [0.05, 0.1) is 40.8 Å². The molecule has 2 rings (SSSR count). The van der Waals surface area contributed by atoms with E-state index in [9.17, 15) is 0 Å². The van der Waals surface area contributed by atoms with Gasteiger partial charge in [0.15, 0.2) is 0 Å². The third-order valence-electron chi connectivity index (χ3n) is 2.79. The zero-order chi connectivity index (χ0) is 13.1. The van der Waals surface area contributed by atoms with Crippen molar-refractivity contribution in [2.75, 3.05) is 17.7 Å². The predicted molar refractivity (Wildman–Crippen MR) is 74.5 cm³/mol. The van der Waals surface area contributed by atoms with Gasteiger partial charge in [0.2, 0.25) is 0 Å². The van der Waals surface area contributed by atoms with Crippen molar-refractivity contribution in [3.05, 3.63) is 39.8 Å². The molecule has 1 aromatic carbocycles. The Morgan fingerprint density at radius 3 is 2.83 bits per heavy atom. The van der Waals surface area contributed by atoms with E-state index in [1.54, 1.807) is 23.5 Å². The van der Waals surface area contributed by atoms with E-state index >= 15 is 0 Å². The lowest BCUT2D eigenvalue weighted by atomic mass is 10.1. The van der Waals surface area contributed by atoms with E-state index in [0.717, 1.165) is 17.9 Å². The van der Waals surface area contributed by atoms with Crippen molar-refractivity contribution in [1.82, 2.24) is 4.98 Å². The van der Waals surface area contributed by atoms with E-state index in [2.05, 4.69) is 16.0 Å². The summed E-state index contributed by atoms with van der Waals surface area (Å²) in [5.41, 5.74) is 11.0. The van der Waals surface area contributed by atoms with Crippen LogP contribution >= 0.6 is 11.3 Å². The number of hydrogen-bond donors (Lipinski definition) is 1. The van der Waals surface area contributed by atoms with Crippen LogP contribution in [-0.2, 0) is 6.54 Å². The molecular weight excluding hydrogens is 244 g/mol. The zero-order valence-electron chi connectivity index (χ0n) is 10.3. The van der Waals surface area contributed by atoms with Gasteiger partial charge in [-0.05, 0) is 25.1 Å². The summed E-state index contributed by atoms with van der Waals surface area (Å²) >= 11 is 1.64. The third kappa shape index (κ3) is 2.44. The van der Waals surface area contributed by atoms with Crippen molar-refractivity contribution in [3.63, 3.8) is 0 Å². The number of nitrogen functional groups attached to an aromatic ring is 1. The van der Waals surface area contributed by atoms with E-state index in [4.69, 9.17) is 11.0 Å². The quantitative estimate of drug-likeness (QED) is 0.859. The molecule has 0 radical (unpaired) electrons. The minimum absolute atomic E-state index is 0.582. The molecule has 0 aliphatic carbocycles. The average molecular weight is 258 g/mol. The smallest absolute Gasteiger partial charge is 0.0992 e. The van der Waals surface area contributed by atoms with Crippen LogP contribution in [0.2, 0.25) is 0 Å². The molecule has 0 saturated heterocycles. The highest BCUT2D eigenvalue weighted by Gasteiger charge is 2.09. The molecule has 92 valence electrons. The third-order valence-corrected chi connectivity index (χ3v) is 3.71. The monoisotopic (exact) mass is 258 g/mol. The van der Waals surface area contributed by atoms with Crippen molar-refractivity contribution in [3.8, 4) is 6.07 Å². The van der Waals surface area contributed by atoms with Gasteiger partial charge in [0, 0.05) is 11.9 Å². The van der Waals surface area contributed by atoms with Gasteiger partial charge >= 0.3 is 0 Å². The van der Waals surface area contributed by atoms with Crippen LogP contribution in [0.4, 0.5) is 11.4 Å². The molecule has 0 amide bonds. The highest BCUT2D eigenvalue weighted by molar-refractivity contribution is 7.09. The Morgan fingerprint density at radius 2 is 2.28 bits per heavy atom. The standard InChI is InChI=1S/C13H14N4S/c1-9-13(18-8-16-9)7-17(2)12-4-3-10(6-14)5-11(12)15/h3-5,8H,7,15H2,1-2H3. The van der Waals surface area contributed by atoms with Crippen molar-refractivity contribution >= 4 is 22.7 Å². The number of rotatable bonds is 3. The maximum absolute atomic E-state index is 8.81. The van der Waals surface area contributed by atoms with Crippen LogP contribution in [0.3, 0.4) is 0 Å². The Hall–Kier alpha value is -2.06. The molecular formula is C13H14N4S. The fourth-order valence-corrected chi connectivity index (χ4v) is 2.58. The van der Waals surface area contributed by atoms with E-state index in [0.29, 0.717) is 11.3 Å². The lowest BCUT2D eigenvalue weighted by Crippen LogP contribution is -2.17. The molecule has 2 aromatic rings. The largest absolute Gasteiger partial charge is 0.397 e. The van der Waals surface area contributed by atoms with Crippen molar-refractivity contribution in [1.29, 1.82) is 5.26 Å². The normalized spacial score (nSPS) is 10.1. The lowest BCUT2D eigenvalue weighted by Gasteiger charge is -2.20. The summed E-state index contributed by atoms with van der Waals surface area (Å²) in [5, 5.41) is 8.81. The van der Waals surface area contributed by atoms with Crippen LogP contribution < -0.4 is 10.6 Å². The maximum Gasteiger partial charge on any atom is 0.0992 e. The van der Waals surface area contributed by atoms with Crippen LogP contribution in [0.25, 0.3) is 0 Å². The molecule has 2 N–H and O–H groups in total. The van der Waals surface area contributed by atoms with Gasteiger partial charge < -0.3 is 10.6 Å². The minimum Gasteiger partial charge on any atom is -0.397 e. The van der Waals surface area contributed by atoms with Gasteiger partial charge in [-0.2, -0.15) is 5.26 Å². The second-order valence-electron chi connectivity index (χ2n) is 4.10. The first kappa shape index (κ1) is 12.4. The first-order chi connectivity index (χ1) is 8.61.